The summed E-state index contributed by atoms with van der Waals surface area (Å²) in [6.45, 7) is 2.81. The smallest absolute Gasteiger partial charge is 0.316 e. The molecule has 0 aliphatic heterocycles. The van der Waals surface area contributed by atoms with Crippen molar-refractivity contribution in [3.63, 3.8) is 0 Å². The maximum atomic E-state index is 10.8. The fourth-order valence-corrected chi connectivity index (χ4v) is 1.88. The van der Waals surface area contributed by atoms with Crippen LogP contribution in [0.25, 0.3) is 0 Å². The van der Waals surface area contributed by atoms with Crippen molar-refractivity contribution in [3.05, 3.63) is 59.7 Å². The minimum Gasteiger partial charge on any atom is -0.381 e. The zero-order valence-corrected chi connectivity index (χ0v) is 10.8. The van der Waals surface area contributed by atoms with Crippen LogP contribution in [-0.4, -0.2) is 6.03 Å². The molecular weight excluding hydrogens is 238 g/mol. The van der Waals surface area contributed by atoms with Crippen molar-refractivity contribution < 1.29 is 4.79 Å². The van der Waals surface area contributed by atoms with E-state index in [0.717, 1.165) is 12.2 Å². The molecule has 0 unspecified atom stereocenters. The van der Waals surface area contributed by atoms with Crippen LogP contribution in [0.3, 0.4) is 0 Å². The Hall–Kier alpha value is -2.49. The Balaban J connectivity index is 2.01. The molecule has 0 aliphatic carbocycles. The fraction of sp³-hybridized carbons (Fsp3) is 0.133. The number of rotatable bonds is 4. The van der Waals surface area contributed by atoms with Gasteiger partial charge in [0.15, 0.2) is 0 Å². The molecule has 2 amide bonds. The summed E-state index contributed by atoms with van der Waals surface area (Å²) in [4.78, 5) is 10.8. The van der Waals surface area contributed by atoms with Gasteiger partial charge in [0.1, 0.15) is 0 Å². The molecule has 4 nitrogen and oxygen atoms in total. The first-order valence-corrected chi connectivity index (χ1v) is 6.09. The van der Waals surface area contributed by atoms with Gasteiger partial charge in [-0.3, -0.25) is 0 Å². The molecule has 2 rings (SSSR count). The lowest BCUT2D eigenvalue weighted by Crippen LogP contribution is -2.19. The van der Waals surface area contributed by atoms with E-state index in [1.165, 1.54) is 11.1 Å². The van der Waals surface area contributed by atoms with Gasteiger partial charge >= 0.3 is 6.03 Å². The third kappa shape index (κ3) is 4.03. The van der Waals surface area contributed by atoms with Crippen LogP contribution in [0.15, 0.2) is 48.5 Å². The zero-order chi connectivity index (χ0) is 13.7. The van der Waals surface area contributed by atoms with Gasteiger partial charge < -0.3 is 16.4 Å². The first kappa shape index (κ1) is 13.0. The van der Waals surface area contributed by atoms with Crippen molar-refractivity contribution in [1.82, 2.24) is 0 Å². The molecule has 0 atom stereocenters. The van der Waals surface area contributed by atoms with Gasteiger partial charge in [0.05, 0.1) is 0 Å². The van der Waals surface area contributed by atoms with E-state index >= 15 is 0 Å². The van der Waals surface area contributed by atoms with E-state index in [1.54, 1.807) is 6.07 Å². The zero-order valence-electron chi connectivity index (χ0n) is 10.8. The van der Waals surface area contributed by atoms with Gasteiger partial charge in [-0.1, -0.05) is 35.9 Å². The third-order valence-corrected chi connectivity index (χ3v) is 2.71. The molecule has 0 spiro atoms. The summed E-state index contributed by atoms with van der Waals surface area (Å²) in [5.74, 6) is 0. The third-order valence-electron chi connectivity index (χ3n) is 2.71. The van der Waals surface area contributed by atoms with Crippen LogP contribution in [0, 0.1) is 6.92 Å². The van der Waals surface area contributed by atoms with Crippen molar-refractivity contribution in [2.24, 2.45) is 5.73 Å². The van der Waals surface area contributed by atoms with Crippen LogP contribution in [0.1, 0.15) is 11.1 Å². The number of nitrogens with one attached hydrogen (secondary N) is 2. The Labute approximate surface area is 112 Å². The number of carbonyl (C=O) groups excluding carboxylic acids is 1. The van der Waals surface area contributed by atoms with Crippen molar-refractivity contribution >= 4 is 17.4 Å². The van der Waals surface area contributed by atoms with E-state index in [9.17, 15) is 4.79 Å². The van der Waals surface area contributed by atoms with Crippen molar-refractivity contribution in [3.8, 4) is 0 Å². The summed E-state index contributed by atoms with van der Waals surface area (Å²) < 4.78 is 0. The highest BCUT2D eigenvalue weighted by atomic mass is 16.2. The number of carbonyl (C=O) groups is 1. The van der Waals surface area contributed by atoms with Gasteiger partial charge in [-0.05, 0) is 30.7 Å². The molecule has 19 heavy (non-hydrogen) atoms. The second kappa shape index (κ2) is 5.91. The first-order chi connectivity index (χ1) is 9.13. The number of aryl methyl sites for hydroxylation is 1. The molecule has 2 aromatic rings. The Kier molecular flexibility index (Phi) is 4.03. The second-order valence-corrected chi connectivity index (χ2v) is 4.41. The average molecular weight is 255 g/mol. The number of hydrogen-bond donors (Lipinski definition) is 3. The summed E-state index contributed by atoms with van der Waals surface area (Å²) in [5.41, 5.74) is 9.16. The summed E-state index contributed by atoms with van der Waals surface area (Å²) in [5, 5.41) is 5.86. The second-order valence-electron chi connectivity index (χ2n) is 4.41. The molecule has 98 valence electrons. The Bertz CT molecular complexity index is 581. The SMILES string of the molecule is Cc1cccc(CNc2cccc(NC(N)=O)c2)c1. The lowest BCUT2D eigenvalue weighted by molar-refractivity contribution is 0.259. The summed E-state index contributed by atoms with van der Waals surface area (Å²) >= 11 is 0. The van der Waals surface area contributed by atoms with Crippen LogP contribution in [0.5, 0.6) is 0 Å². The molecular formula is C15H17N3O. The molecule has 0 bridgehead atoms. The summed E-state index contributed by atoms with van der Waals surface area (Å²) in [7, 11) is 0. The molecule has 2 aromatic carbocycles. The van der Waals surface area contributed by atoms with E-state index in [-0.39, 0.29) is 0 Å². The summed E-state index contributed by atoms with van der Waals surface area (Å²) in [6.07, 6.45) is 0. The number of amides is 2. The van der Waals surface area contributed by atoms with Crippen molar-refractivity contribution in [2.75, 3.05) is 10.6 Å². The van der Waals surface area contributed by atoms with E-state index < -0.39 is 6.03 Å². The molecule has 0 saturated carbocycles. The standard InChI is InChI=1S/C15H17N3O/c1-11-4-2-5-12(8-11)10-17-13-6-3-7-14(9-13)18-15(16)19/h2-9,17H,10H2,1H3,(H3,16,18,19). The van der Waals surface area contributed by atoms with E-state index in [2.05, 4.69) is 35.8 Å². The van der Waals surface area contributed by atoms with Crippen LogP contribution in [-0.2, 0) is 6.54 Å². The van der Waals surface area contributed by atoms with E-state index in [4.69, 9.17) is 5.73 Å². The predicted molar refractivity (Wildman–Crippen MR) is 78.2 cm³/mol. The monoisotopic (exact) mass is 255 g/mol. The normalized spacial score (nSPS) is 9.95. The average Bonchev–Trinajstić information content (AvgIpc) is 2.36. The van der Waals surface area contributed by atoms with Gasteiger partial charge in [0.25, 0.3) is 0 Å². The van der Waals surface area contributed by atoms with Gasteiger partial charge in [0, 0.05) is 17.9 Å². The number of anilines is 2. The molecule has 0 aliphatic rings. The highest BCUT2D eigenvalue weighted by Gasteiger charge is 1.98. The Morgan fingerprint density at radius 3 is 2.58 bits per heavy atom. The Morgan fingerprint density at radius 1 is 1.11 bits per heavy atom. The maximum absolute atomic E-state index is 10.8. The fourth-order valence-electron chi connectivity index (χ4n) is 1.88. The molecule has 4 N–H and O–H groups in total. The molecule has 0 fully saturated rings. The van der Waals surface area contributed by atoms with Crippen molar-refractivity contribution in [2.45, 2.75) is 13.5 Å². The lowest BCUT2D eigenvalue weighted by atomic mass is 10.1. The minimum absolute atomic E-state index is 0.559. The highest BCUT2D eigenvalue weighted by molar-refractivity contribution is 5.88. The number of urea groups is 1. The molecule has 0 aromatic heterocycles. The Morgan fingerprint density at radius 2 is 1.84 bits per heavy atom. The van der Waals surface area contributed by atoms with Crippen LogP contribution >= 0.6 is 0 Å². The molecule has 0 heterocycles. The van der Waals surface area contributed by atoms with E-state index in [0.29, 0.717) is 5.69 Å². The quantitative estimate of drug-likeness (QED) is 0.785. The topological polar surface area (TPSA) is 67.2 Å². The minimum atomic E-state index is -0.559. The van der Waals surface area contributed by atoms with Gasteiger partial charge in [0.2, 0.25) is 0 Å². The largest absolute Gasteiger partial charge is 0.381 e. The predicted octanol–water partition coefficient (Wildman–Crippen LogP) is 3.10. The lowest BCUT2D eigenvalue weighted by Gasteiger charge is -2.09. The highest BCUT2D eigenvalue weighted by Crippen LogP contribution is 2.16. The van der Waals surface area contributed by atoms with Gasteiger partial charge in [-0.25, -0.2) is 4.79 Å². The molecule has 0 saturated heterocycles. The van der Waals surface area contributed by atoms with Crippen LogP contribution in [0.2, 0.25) is 0 Å². The number of primary amides is 1. The van der Waals surface area contributed by atoms with Crippen LogP contribution in [0.4, 0.5) is 16.2 Å². The van der Waals surface area contributed by atoms with Crippen molar-refractivity contribution in [1.29, 1.82) is 0 Å². The number of benzene rings is 2. The molecule has 4 heteroatoms. The van der Waals surface area contributed by atoms with Gasteiger partial charge in [-0.15, -0.1) is 0 Å². The van der Waals surface area contributed by atoms with E-state index in [1.807, 2.05) is 24.3 Å². The maximum Gasteiger partial charge on any atom is 0.316 e. The number of nitrogens with two attached hydrogens (primary N) is 1. The summed E-state index contributed by atoms with van der Waals surface area (Å²) in [6, 6.07) is 15.2. The number of hydrogen-bond acceptors (Lipinski definition) is 2. The van der Waals surface area contributed by atoms with Gasteiger partial charge in [-0.2, -0.15) is 0 Å². The molecule has 0 radical (unpaired) electrons. The first-order valence-electron chi connectivity index (χ1n) is 6.09. The van der Waals surface area contributed by atoms with Crippen LogP contribution < -0.4 is 16.4 Å².